The lowest BCUT2D eigenvalue weighted by Crippen LogP contribution is -2.29. The van der Waals surface area contributed by atoms with Crippen LogP contribution in [0.3, 0.4) is 0 Å². The van der Waals surface area contributed by atoms with Crippen LogP contribution in [-0.2, 0) is 9.59 Å². The Kier molecular flexibility index (Phi) is 5.91. The molecule has 1 unspecified atom stereocenters. The van der Waals surface area contributed by atoms with E-state index >= 15 is 0 Å². The molecule has 0 aromatic heterocycles. The standard InChI is InChI=1S/C24H16Cl2FNO4/c1-32-17-4-2-3-14(11-17)22(29)20-21(13-5-7-15(25)8-6-13)28(24(31)23(20)30)16-9-10-19(27)18(26)12-16/h2-12,21,29H,1H3/b22-20+. The van der Waals surface area contributed by atoms with Gasteiger partial charge in [-0.05, 0) is 48.0 Å². The molecule has 0 aliphatic carbocycles. The number of halogens is 3. The third kappa shape index (κ3) is 3.83. The van der Waals surface area contributed by atoms with Crippen LogP contribution < -0.4 is 9.64 Å². The number of methoxy groups -OCH3 is 1. The zero-order valence-electron chi connectivity index (χ0n) is 16.7. The average Bonchev–Trinajstić information content (AvgIpc) is 3.06. The molecule has 1 N–H and O–H groups in total. The Morgan fingerprint density at radius 1 is 1.03 bits per heavy atom. The van der Waals surface area contributed by atoms with Crippen molar-refractivity contribution in [1.29, 1.82) is 0 Å². The van der Waals surface area contributed by atoms with E-state index in [1.165, 1.54) is 24.1 Å². The highest BCUT2D eigenvalue weighted by molar-refractivity contribution is 6.51. The third-order valence-electron chi connectivity index (χ3n) is 5.15. The van der Waals surface area contributed by atoms with Gasteiger partial charge in [0.15, 0.2) is 0 Å². The second-order valence-electron chi connectivity index (χ2n) is 7.05. The maximum absolute atomic E-state index is 13.7. The number of anilines is 1. The van der Waals surface area contributed by atoms with E-state index in [1.54, 1.807) is 48.5 Å². The Morgan fingerprint density at radius 2 is 1.75 bits per heavy atom. The van der Waals surface area contributed by atoms with Gasteiger partial charge in [-0.2, -0.15) is 0 Å². The normalized spacial score (nSPS) is 17.6. The van der Waals surface area contributed by atoms with Crippen molar-refractivity contribution in [3.05, 3.63) is 99.3 Å². The van der Waals surface area contributed by atoms with Gasteiger partial charge in [0.05, 0.1) is 23.7 Å². The Hall–Kier alpha value is -3.35. The number of amides is 1. The number of aliphatic hydroxyl groups is 1. The minimum Gasteiger partial charge on any atom is -0.507 e. The van der Waals surface area contributed by atoms with Gasteiger partial charge in [-0.15, -0.1) is 0 Å². The highest BCUT2D eigenvalue weighted by atomic mass is 35.5. The number of Topliss-reactive ketones (excluding diaryl/α,β-unsaturated/α-hetero) is 1. The highest BCUT2D eigenvalue weighted by Gasteiger charge is 2.47. The Balaban J connectivity index is 1.95. The molecule has 32 heavy (non-hydrogen) atoms. The molecule has 1 atom stereocenters. The van der Waals surface area contributed by atoms with Crippen molar-refractivity contribution < 1.29 is 23.8 Å². The highest BCUT2D eigenvalue weighted by Crippen LogP contribution is 2.43. The minimum atomic E-state index is -0.986. The molecule has 1 saturated heterocycles. The maximum atomic E-state index is 13.7. The van der Waals surface area contributed by atoms with Crippen LogP contribution in [0.2, 0.25) is 10.0 Å². The fraction of sp³-hybridized carbons (Fsp3) is 0.0833. The summed E-state index contributed by atoms with van der Waals surface area (Å²) in [4.78, 5) is 27.3. The van der Waals surface area contributed by atoms with Gasteiger partial charge in [-0.3, -0.25) is 14.5 Å². The number of nitrogens with zero attached hydrogens (tertiary/aromatic N) is 1. The smallest absolute Gasteiger partial charge is 0.300 e. The lowest BCUT2D eigenvalue weighted by atomic mass is 9.95. The summed E-state index contributed by atoms with van der Waals surface area (Å²) in [6.07, 6.45) is 0. The van der Waals surface area contributed by atoms with Gasteiger partial charge in [0, 0.05) is 16.3 Å². The van der Waals surface area contributed by atoms with Crippen LogP contribution in [0.4, 0.5) is 10.1 Å². The molecule has 0 bridgehead atoms. The molecule has 0 radical (unpaired) electrons. The predicted octanol–water partition coefficient (Wildman–Crippen LogP) is 5.77. The van der Waals surface area contributed by atoms with Gasteiger partial charge in [-0.1, -0.05) is 47.5 Å². The molecular formula is C24H16Cl2FNO4. The zero-order valence-corrected chi connectivity index (χ0v) is 18.2. The number of ketones is 1. The zero-order chi connectivity index (χ0) is 23.0. The first-order chi connectivity index (χ1) is 15.3. The van der Waals surface area contributed by atoms with E-state index in [9.17, 15) is 19.1 Å². The number of aliphatic hydroxyl groups excluding tert-OH is 1. The average molecular weight is 472 g/mol. The molecule has 0 saturated carbocycles. The van der Waals surface area contributed by atoms with E-state index in [0.717, 1.165) is 6.07 Å². The predicted molar refractivity (Wildman–Crippen MR) is 121 cm³/mol. The quantitative estimate of drug-likeness (QED) is 0.298. The first-order valence-electron chi connectivity index (χ1n) is 9.47. The van der Waals surface area contributed by atoms with Gasteiger partial charge in [-0.25, -0.2) is 4.39 Å². The van der Waals surface area contributed by atoms with Crippen LogP contribution in [0.5, 0.6) is 5.75 Å². The van der Waals surface area contributed by atoms with Crippen LogP contribution in [-0.4, -0.2) is 23.9 Å². The molecule has 1 aliphatic heterocycles. The molecular weight excluding hydrogens is 456 g/mol. The summed E-state index contributed by atoms with van der Waals surface area (Å²) in [7, 11) is 1.48. The molecule has 4 rings (SSSR count). The van der Waals surface area contributed by atoms with Gasteiger partial charge in [0.2, 0.25) is 0 Å². The van der Waals surface area contributed by atoms with Crippen molar-refractivity contribution in [3.63, 3.8) is 0 Å². The Morgan fingerprint density at radius 3 is 2.41 bits per heavy atom. The molecule has 1 heterocycles. The molecule has 162 valence electrons. The fourth-order valence-corrected chi connectivity index (χ4v) is 3.92. The summed E-state index contributed by atoms with van der Waals surface area (Å²) in [5.74, 6) is -2.32. The second-order valence-corrected chi connectivity index (χ2v) is 7.89. The van der Waals surface area contributed by atoms with Crippen molar-refractivity contribution in [3.8, 4) is 5.75 Å². The molecule has 1 aliphatic rings. The van der Waals surface area contributed by atoms with Gasteiger partial charge in [0.1, 0.15) is 17.3 Å². The summed E-state index contributed by atoms with van der Waals surface area (Å²) in [6, 6.07) is 15.7. The monoisotopic (exact) mass is 471 g/mol. The van der Waals surface area contributed by atoms with E-state index in [4.69, 9.17) is 27.9 Å². The number of ether oxygens (including phenoxy) is 1. The number of carbonyl (C=O) groups excluding carboxylic acids is 2. The van der Waals surface area contributed by atoms with Crippen molar-refractivity contribution >= 4 is 46.3 Å². The molecule has 0 spiro atoms. The van der Waals surface area contributed by atoms with E-state index in [2.05, 4.69) is 0 Å². The number of carbonyl (C=O) groups is 2. The molecule has 8 heteroatoms. The molecule has 3 aromatic rings. The van der Waals surface area contributed by atoms with Gasteiger partial charge >= 0.3 is 0 Å². The summed E-state index contributed by atoms with van der Waals surface area (Å²) in [6.45, 7) is 0. The van der Waals surface area contributed by atoms with Crippen molar-refractivity contribution in [2.75, 3.05) is 12.0 Å². The van der Waals surface area contributed by atoms with Crippen LogP contribution in [0.15, 0.2) is 72.3 Å². The molecule has 3 aromatic carbocycles. The van der Waals surface area contributed by atoms with Crippen LogP contribution in [0, 0.1) is 5.82 Å². The summed E-state index contributed by atoms with van der Waals surface area (Å²) in [5, 5.41) is 11.3. The fourth-order valence-electron chi connectivity index (χ4n) is 3.62. The lowest BCUT2D eigenvalue weighted by molar-refractivity contribution is -0.132. The van der Waals surface area contributed by atoms with Crippen molar-refractivity contribution in [2.45, 2.75) is 6.04 Å². The first-order valence-corrected chi connectivity index (χ1v) is 10.2. The minimum absolute atomic E-state index is 0.119. The third-order valence-corrected chi connectivity index (χ3v) is 5.70. The summed E-state index contributed by atoms with van der Waals surface area (Å²) in [5.41, 5.74) is 0.922. The second kappa shape index (κ2) is 8.65. The largest absolute Gasteiger partial charge is 0.507 e. The van der Waals surface area contributed by atoms with E-state index in [-0.39, 0.29) is 22.0 Å². The van der Waals surface area contributed by atoms with E-state index in [0.29, 0.717) is 21.9 Å². The van der Waals surface area contributed by atoms with Crippen LogP contribution in [0.1, 0.15) is 17.2 Å². The van der Waals surface area contributed by atoms with Crippen molar-refractivity contribution in [1.82, 2.24) is 0 Å². The number of hydrogen-bond acceptors (Lipinski definition) is 4. The Bertz CT molecular complexity index is 1260. The molecule has 5 nitrogen and oxygen atoms in total. The van der Waals surface area contributed by atoms with E-state index < -0.39 is 23.5 Å². The topological polar surface area (TPSA) is 66.8 Å². The summed E-state index contributed by atoms with van der Waals surface area (Å²) >= 11 is 11.9. The summed E-state index contributed by atoms with van der Waals surface area (Å²) < 4.78 is 18.9. The first kappa shape index (κ1) is 21.9. The van der Waals surface area contributed by atoms with Gasteiger partial charge in [0.25, 0.3) is 11.7 Å². The van der Waals surface area contributed by atoms with Crippen LogP contribution in [0.25, 0.3) is 5.76 Å². The number of hydrogen-bond donors (Lipinski definition) is 1. The van der Waals surface area contributed by atoms with Crippen LogP contribution >= 0.6 is 23.2 Å². The van der Waals surface area contributed by atoms with Gasteiger partial charge < -0.3 is 9.84 Å². The molecule has 1 fully saturated rings. The van der Waals surface area contributed by atoms with E-state index in [1.807, 2.05) is 0 Å². The number of benzene rings is 3. The maximum Gasteiger partial charge on any atom is 0.300 e. The van der Waals surface area contributed by atoms with Crippen molar-refractivity contribution in [2.24, 2.45) is 0 Å². The Labute approximate surface area is 193 Å². The molecule has 1 amide bonds. The SMILES string of the molecule is COc1cccc(/C(O)=C2\C(=O)C(=O)N(c3ccc(F)c(Cl)c3)C2c2ccc(Cl)cc2)c1. The number of rotatable bonds is 4. The lowest BCUT2D eigenvalue weighted by Gasteiger charge is -2.25.